The summed E-state index contributed by atoms with van der Waals surface area (Å²) in [7, 11) is 0. The molecule has 2 nitrogen and oxygen atoms in total. The van der Waals surface area contributed by atoms with Crippen molar-refractivity contribution in [3.05, 3.63) is 0 Å². The molecular weight excluding hydrogens is 221 g/mol. The predicted molar refractivity (Wildman–Crippen MR) is 57.5 cm³/mol. The van der Waals surface area contributed by atoms with Gasteiger partial charge in [-0.1, -0.05) is 0 Å². The summed E-state index contributed by atoms with van der Waals surface area (Å²) in [4.78, 5) is 11.8. The van der Waals surface area contributed by atoms with E-state index in [1.807, 2.05) is 13.8 Å². The van der Waals surface area contributed by atoms with Gasteiger partial charge in [0.1, 0.15) is 4.33 Å². The first-order chi connectivity index (χ1) is 6.37. The van der Waals surface area contributed by atoms with E-state index in [0.29, 0.717) is 12.3 Å². The van der Waals surface area contributed by atoms with E-state index in [0.717, 1.165) is 0 Å². The lowest BCUT2D eigenvalue weighted by Gasteiger charge is -2.17. The molecule has 2 atom stereocenters. The molecule has 2 rings (SSSR count). The quantitative estimate of drug-likeness (QED) is 0.749. The highest BCUT2D eigenvalue weighted by Crippen LogP contribution is 2.63. The van der Waals surface area contributed by atoms with Gasteiger partial charge in [0, 0.05) is 6.04 Å². The molecule has 0 spiro atoms. The van der Waals surface area contributed by atoms with Crippen LogP contribution in [0, 0.1) is 11.3 Å². The van der Waals surface area contributed by atoms with E-state index in [1.54, 1.807) is 0 Å². The van der Waals surface area contributed by atoms with Gasteiger partial charge in [0.2, 0.25) is 5.91 Å². The first kappa shape index (κ1) is 10.6. The van der Waals surface area contributed by atoms with E-state index in [2.05, 4.69) is 5.32 Å². The van der Waals surface area contributed by atoms with E-state index in [4.69, 9.17) is 23.2 Å². The number of amides is 1. The molecule has 1 N–H and O–H groups in total. The molecule has 2 saturated carbocycles. The average molecular weight is 236 g/mol. The summed E-state index contributed by atoms with van der Waals surface area (Å²) in [6, 6.07) is 0.268. The maximum atomic E-state index is 11.8. The minimum atomic E-state index is -0.847. The van der Waals surface area contributed by atoms with Crippen LogP contribution in [0.3, 0.4) is 0 Å². The van der Waals surface area contributed by atoms with E-state index in [-0.39, 0.29) is 11.9 Å². The largest absolute Gasteiger partial charge is 0.353 e. The first-order valence-corrected chi connectivity index (χ1v) is 5.81. The standard InChI is InChI=1S/C10H15Cl2NO/c1-6(7-3-4-7)13-8(14)9(2)5-10(9,11)12/h6-7H,3-5H2,1-2H3,(H,13,14). The zero-order valence-electron chi connectivity index (χ0n) is 8.44. The van der Waals surface area contributed by atoms with Crippen molar-refractivity contribution in [3.63, 3.8) is 0 Å². The van der Waals surface area contributed by atoms with Crippen molar-refractivity contribution < 1.29 is 4.79 Å². The smallest absolute Gasteiger partial charge is 0.229 e. The van der Waals surface area contributed by atoms with Crippen LogP contribution in [0.2, 0.25) is 0 Å². The fourth-order valence-electron chi connectivity index (χ4n) is 1.73. The second kappa shape index (κ2) is 3.02. The lowest BCUT2D eigenvalue weighted by molar-refractivity contribution is -0.126. The number of alkyl halides is 2. The van der Waals surface area contributed by atoms with Crippen molar-refractivity contribution in [1.82, 2.24) is 5.32 Å². The summed E-state index contributed by atoms with van der Waals surface area (Å²) in [5, 5.41) is 2.99. The molecule has 0 aromatic rings. The van der Waals surface area contributed by atoms with Crippen molar-refractivity contribution >= 4 is 29.1 Å². The lowest BCUT2D eigenvalue weighted by Crippen LogP contribution is -2.40. The number of nitrogens with one attached hydrogen (secondary N) is 1. The van der Waals surface area contributed by atoms with E-state index < -0.39 is 9.75 Å². The second-order valence-corrected chi connectivity index (χ2v) is 6.30. The lowest BCUT2D eigenvalue weighted by atomic mass is 10.1. The van der Waals surface area contributed by atoms with Crippen molar-refractivity contribution in [1.29, 1.82) is 0 Å². The normalized spacial score (nSPS) is 36.3. The van der Waals surface area contributed by atoms with Crippen molar-refractivity contribution in [2.24, 2.45) is 11.3 Å². The van der Waals surface area contributed by atoms with Gasteiger partial charge in [-0.3, -0.25) is 4.79 Å². The molecule has 2 fully saturated rings. The number of carbonyl (C=O) groups excluding carboxylic acids is 1. The Balaban J connectivity index is 1.90. The van der Waals surface area contributed by atoms with Gasteiger partial charge < -0.3 is 5.32 Å². The van der Waals surface area contributed by atoms with Crippen LogP contribution in [0.1, 0.15) is 33.1 Å². The van der Waals surface area contributed by atoms with Gasteiger partial charge in [-0.25, -0.2) is 0 Å². The Morgan fingerprint density at radius 3 is 2.36 bits per heavy atom. The molecule has 2 aliphatic rings. The fourth-order valence-corrected chi connectivity index (χ4v) is 2.43. The molecule has 0 saturated heterocycles. The highest BCUT2D eigenvalue weighted by Gasteiger charge is 2.68. The van der Waals surface area contributed by atoms with Crippen LogP contribution in [0.4, 0.5) is 0 Å². The third-order valence-electron chi connectivity index (χ3n) is 3.45. The SMILES string of the molecule is CC(NC(=O)C1(C)CC1(Cl)Cl)C1CC1. The van der Waals surface area contributed by atoms with Crippen LogP contribution in [-0.4, -0.2) is 16.3 Å². The van der Waals surface area contributed by atoms with Gasteiger partial charge in [-0.05, 0) is 39.0 Å². The molecule has 0 radical (unpaired) electrons. The van der Waals surface area contributed by atoms with E-state index in [1.165, 1.54) is 12.8 Å². The van der Waals surface area contributed by atoms with E-state index in [9.17, 15) is 4.79 Å². The average Bonchev–Trinajstić information content (AvgIpc) is 2.89. The van der Waals surface area contributed by atoms with Gasteiger partial charge >= 0.3 is 0 Å². The van der Waals surface area contributed by atoms with Gasteiger partial charge in [0.15, 0.2) is 0 Å². The van der Waals surface area contributed by atoms with Crippen molar-refractivity contribution in [2.45, 2.75) is 43.5 Å². The molecule has 0 aromatic heterocycles. The van der Waals surface area contributed by atoms with Gasteiger partial charge in [-0.2, -0.15) is 0 Å². The minimum Gasteiger partial charge on any atom is -0.353 e. The Bertz CT molecular complexity index is 275. The van der Waals surface area contributed by atoms with Crippen LogP contribution in [-0.2, 0) is 4.79 Å². The molecule has 2 aliphatic carbocycles. The van der Waals surface area contributed by atoms with Crippen LogP contribution >= 0.6 is 23.2 Å². The fraction of sp³-hybridized carbons (Fsp3) is 0.900. The molecule has 80 valence electrons. The predicted octanol–water partition coefficient (Wildman–Crippen LogP) is 2.49. The number of rotatable bonds is 3. The Morgan fingerprint density at radius 2 is 2.00 bits per heavy atom. The Kier molecular flexibility index (Phi) is 2.28. The third kappa shape index (κ3) is 1.63. The molecule has 0 aliphatic heterocycles. The molecule has 1 amide bonds. The molecule has 0 heterocycles. The number of halogens is 2. The Labute approximate surface area is 94.3 Å². The van der Waals surface area contributed by atoms with Crippen LogP contribution < -0.4 is 5.32 Å². The zero-order chi connectivity index (χ0) is 10.6. The maximum absolute atomic E-state index is 11.8. The zero-order valence-corrected chi connectivity index (χ0v) is 9.95. The summed E-state index contributed by atoms with van der Waals surface area (Å²) < 4.78 is -0.847. The second-order valence-electron chi connectivity index (χ2n) is 4.81. The number of hydrogen-bond donors (Lipinski definition) is 1. The molecule has 0 aromatic carbocycles. The highest BCUT2D eigenvalue weighted by molar-refractivity contribution is 6.53. The maximum Gasteiger partial charge on any atom is 0.229 e. The van der Waals surface area contributed by atoms with Gasteiger partial charge in [-0.15, -0.1) is 23.2 Å². The molecule has 2 unspecified atom stereocenters. The summed E-state index contributed by atoms with van der Waals surface area (Å²) in [5.41, 5.74) is -0.570. The van der Waals surface area contributed by atoms with Crippen LogP contribution in [0.5, 0.6) is 0 Å². The molecule has 14 heavy (non-hydrogen) atoms. The number of carbonyl (C=O) groups is 1. The first-order valence-electron chi connectivity index (χ1n) is 5.06. The Morgan fingerprint density at radius 1 is 1.50 bits per heavy atom. The van der Waals surface area contributed by atoms with Crippen LogP contribution in [0.25, 0.3) is 0 Å². The van der Waals surface area contributed by atoms with Crippen molar-refractivity contribution in [3.8, 4) is 0 Å². The topological polar surface area (TPSA) is 29.1 Å². The van der Waals surface area contributed by atoms with Crippen LogP contribution in [0.15, 0.2) is 0 Å². The summed E-state index contributed by atoms with van der Waals surface area (Å²) >= 11 is 11.9. The summed E-state index contributed by atoms with van der Waals surface area (Å²) in [6.45, 7) is 3.87. The Hall–Kier alpha value is 0.0500. The number of hydrogen-bond acceptors (Lipinski definition) is 1. The summed E-state index contributed by atoms with van der Waals surface area (Å²) in [6.07, 6.45) is 3.02. The molecular formula is C10H15Cl2NO. The highest BCUT2D eigenvalue weighted by atomic mass is 35.5. The summed E-state index contributed by atoms with van der Waals surface area (Å²) in [5.74, 6) is 0.670. The molecule has 0 bridgehead atoms. The van der Waals surface area contributed by atoms with Gasteiger partial charge in [0.05, 0.1) is 5.41 Å². The van der Waals surface area contributed by atoms with E-state index >= 15 is 0 Å². The molecule has 4 heteroatoms. The monoisotopic (exact) mass is 235 g/mol. The van der Waals surface area contributed by atoms with Gasteiger partial charge in [0.25, 0.3) is 0 Å². The van der Waals surface area contributed by atoms with Crippen molar-refractivity contribution in [2.75, 3.05) is 0 Å². The third-order valence-corrected chi connectivity index (χ3v) is 4.55. The minimum absolute atomic E-state index is 0.00176.